The van der Waals surface area contributed by atoms with Gasteiger partial charge in [0.25, 0.3) is 10.1 Å². The first-order chi connectivity index (χ1) is 8.55. The van der Waals surface area contributed by atoms with Crippen molar-refractivity contribution in [1.29, 1.82) is 0 Å². The Balaban J connectivity index is 0.00000133. The predicted molar refractivity (Wildman–Crippen MR) is 78.4 cm³/mol. The van der Waals surface area contributed by atoms with Crippen molar-refractivity contribution in [3.63, 3.8) is 0 Å². The molecule has 3 rings (SSSR count). The van der Waals surface area contributed by atoms with E-state index in [1.165, 1.54) is 6.07 Å². The third kappa shape index (κ3) is 2.68. The molecule has 3 aromatic carbocycles. The van der Waals surface area contributed by atoms with Gasteiger partial charge in [-0.15, -0.1) is 0 Å². The van der Waals surface area contributed by atoms with Gasteiger partial charge in [0.15, 0.2) is 0 Å². The van der Waals surface area contributed by atoms with Gasteiger partial charge in [-0.1, -0.05) is 36.4 Å². The zero-order valence-electron chi connectivity index (χ0n) is 9.37. The third-order valence-electron chi connectivity index (χ3n) is 2.98. The Morgan fingerprint density at radius 3 is 2.00 bits per heavy atom. The molecule has 0 aromatic heterocycles. The van der Waals surface area contributed by atoms with Crippen LogP contribution in [0.5, 0.6) is 0 Å². The zero-order valence-corrected chi connectivity index (χ0v) is 10.2. The van der Waals surface area contributed by atoms with Gasteiger partial charge < -0.3 is 0 Å². The molecule has 1 N–H and O–H groups in total. The average Bonchev–Trinajstić information content (AvgIpc) is 2.34. The monoisotopic (exact) mass is 282 g/mol. The van der Waals surface area contributed by atoms with Crippen LogP contribution in [0.15, 0.2) is 59.5 Å². The van der Waals surface area contributed by atoms with E-state index < -0.39 is 10.1 Å². The van der Waals surface area contributed by atoms with Crippen molar-refractivity contribution in [3.8, 4) is 0 Å². The Hall–Kier alpha value is -0.910. The van der Waals surface area contributed by atoms with E-state index in [4.69, 9.17) is 0 Å². The van der Waals surface area contributed by atoms with E-state index in [1.54, 1.807) is 12.1 Å². The summed E-state index contributed by atoms with van der Waals surface area (Å²) in [7, 11) is -4.20. The van der Waals surface area contributed by atoms with Crippen molar-refractivity contribution in [2.24, 2.45) is 0 Å². The standard InChI is InChI=1S/C14H10O3S.Na.H/c15-18(16,17)14-7-3-6-12-8-10-4-1-2-5-11(10)9-13(12)14;;/h1-9H,(H,15,16,17);;. The van der Waals surface area contributed by atoms with E-state index >= 15 is 0 Å². The quantitative estimate of drug-likeness (QED) is 0.424. The van der Waals surface area contributed by atoms with Crippen LogP contribution >= 0.6 is 0 Å². The fraction of sp³-hybridized carbons (Fsp3) is 0. The van der Waals surface area contributed by atoms with Gasteiger partial charge in [0.05, 0.1) is 0 Å². The normalized spacial score (nSPS) is 11.4. The molecule has 0 unspecified atom stereocenters. The molecule has 0 fully saturated rings. The number of hydrogen-bond donors (Lipinski definition) is 1. The summed E-state index contributed by atoms with van der Waals surface area (Å²) in [4.78, 5) is -0.0502. The van der Waals surface area contributed by atoms with Crippen molar-refractivity contribution in [2.45, 2.75) is 4.90 Å². The third-order valence-corrected chi connectivity index (χ3v) is 3.90. The van der Waals surface area contributed by atoms with Gasteiger partial charge in [0.2, 0.25) is 0 Å². The molecule has 0 spiro atoms. The second-order valence-corrected chi connectivity index (χ2v) is 5.54. The molecule has 0 atom stereocenters. The molecular weight excluding hydrogens is 271 g/mol. The molecule has 19 heavy (non-hydrogen) atoms. The van der Waals surface area contributed by atoms with Gasteiger partial charge in [-0.2, -0.15) is 8.42 Å². The molecule has 3 aromatic rings. The van der Waals surface area contributed by atoms with Crippen LogP contribution in [0.4, 0.5) is 0 Å². The first-order valence-electron chi connectivity index (χ1n) is 5.45. The van der Waals surface area contributed by atoms with Crippen LogP contribution in [0, 0.1) is 0 Å². The summed E-state index contributed by atoms with van der Waals surface area (Å²) in [5.41, 5.74) is 0. The second kappa shape index (κ2) is 5.23. The van der Waals surface area contributed by atoms with Gasteiger partial charge in [-0.05, 0) is 34.4 Å². The number of rotatable bonds is 1. The van der Waals surface area contributed by atoms with Crippen LogP contribution < -0.4 is 0 Å². The molecule has 0 saturated heterocycles. The SMILES string of the molecule is O=S(=O)(O)c1cccc2cc3ccccc3cc12.[NaH]. The Kier molecular flexibility index (Phi) is 3.99. The van der Waals surface area contributed by atoms with Crippen LogP contribution in [0.3, 0.4) is 0 Å². The van der Waals surface area contributed by atoms with Crippen LogP contribution in [0.25, 0.3) is 21.5 Å². The van der Waals surface area contributed by atoms with Crippen LogP contribution in [-0.2, 0) is 10.1 Å². The van der Waals surface area contributed by atoms with Crippen LogP contribution in [0.2, 0.25) is 0 Å². The van der Waals surface area contributed by atoms with Gasteiger partial charge in [-0.25, -0.2) is 0 Å². The molecule has 0 heterocycles. The summed E-state index contributed by atoms with van der Waals surface area (Å²) in [5, 5.41) is 3.32. The summed E-state index contributed by atoms with van der Waals surface area (Å²) in [6.07, 6.45) is 0. The molecule has 0 aliphatic carbocycles. The molecule has 0 bridgehead atoms. The molecule has 0 radical (unpaired) electrons. The first-order valence-corrected chi connectivity index (χ1v) is 6.89. The minimum atomic E-state index is -4.20. The van der Waals surface area contributed by atoms with Crippen molar-refractivity contribution in [1.82, 2.24) is 0 Å². The fourth-order valence-electron chi connectivity index (χ4n) is 2.16. The molecule has 92 valence electrons. The average molecular weight is 282 g/mol. The van der Waals surface area contributed by atoms with Gasteiger partial charge in [0, 0.05) is 5.39 Å². The Morgan fingerprint density at radius 2 is 1.37 bits per heavy atom. The molecule has 0 amide bonds. The van der Waals surface area contributed by atoms with Crippen molar-refractivity contribution in [3.05, 3.63) is 54.6 Å². The molecule has 3 nitrogen and oxygen atoms in total. The molecule has 0 saturated carbocycles. The zero-order chi connectivity index (χ0) is 12.8. The molecule has 5 heteroatoms. The van der Waals surface area contributed by atoms with E-state index in [0.717, 1.165) is 16.2 Å². The molecule has 0 aliphatic rings. The summed E-state index contributed by atoms with van der Waals surface area (Å²) in [5.74, 6) is 0. The fourth-order valence-corrected chi connectivity index (χ4v) is 2.87. The summed E-state index contributed by atoms with van der Waals surface area (Å²) in [6, 6.07) is 16.3. The van der Waals surface area contributed by atoms with Gasteiger partial charge >= 0.3 is 29.6 Å². The maximum absolute atomic E-state index is 11.3. The van der Waals surface area contributed by atoms with E-state index in [-0.39, 0.29) is 34.5 Å². The Morgan fingerprint density at radius 1 is 0.789 bits per heavy atom. The first kappa shape index (κ1) is 14.5. The van der Waals surface area contributed by atoms with Crippen molar-refractivity contribution in [2.75, 3.05) is 0 Å². The van der Waals surface area contributed by atoms with Crippen LogP contribution in [-0.4, -0.2) is 42.5 Å². The van der Waals surface area contributed by atoms with E-state index in [0.29, 0.717) is 5.39 Å². The van der Waals surface area contributed by atoms with Crippen molar-refractivity contribution >= 4 is 61.2 Å². The molecular formula is C14H11NaO3S. The summed E-state index contributed by atoms with van der Waals surface area (Å²) >= 11 is 0. The van der Waals surface area contributed by atoms with E-state index in [2.05, 4.69) is 0 Å². The maximum atomic E-state index is 11.3. The minimum absolute atomic E-state index is 0. The van der Waals surface area contributed by atoms with E-state index in [9.17, 15) is 13.0 Å². The number of hydrogen-bond acceptors (Lipinski definition) is 2. The second-order valence-electron chi connectivity index (χ2n) is 4.15. The number of fused-ring (bicyclic) bond motifs is 2. The van der Waals surface area contributed by atoms with E-state index in [1.807, 2.05) is 36.4 Å². The van der Waals surface area contributed by atoms with Crippen LogP contribution in [0.1, 0.15) is 0 Å². The van der Waals surface area contributed by atoms with Gasteiger partial charge in [-0.3, -0.25) is 4.55 Å². The molecule has 0 aliphatic heterocycles. The number of benzene rings is 3. The Bertz CT molecular complexity index is 857. The summed E-state index contributed by atoms with van der Waals surface area (Å²) < 4.78 is 31.9. The van der Waals surface area contributed by atoms with Crippen molar-refractivity contribution < 1.29 is 13.0 Å². The topological polar surface area (TPSA) is 54.4 Å². The predicted octanol–water partition coefficient (Wildman–Crippen LogP) is 2.59. The Labute approximate surface area is 133 Å². The summed E-state index contributed by atoms with van der Waals surface area (Å²) in [6.45, 7) is 0. The van der Waals surface area contributed by atoms with Gasteiger partial charge in [0.1, 0.15) is 4.90 Å².